The van der Waals surface area contributed by atoms with E-state index in [2.05, 4.69) is 19.6 Å². The topological polar surface area (TPSA) is 111 Å². The SMILES string of the molecule is COC(=O)c1ccc(Cl)c(S(=O)(=O)NCc2nc(-c3cccc(Cl)c3)no2)c1. The van der Waals surface area contributed by atoms with E-state index in [1.165, 1.54) is 19.2 Å². The van der Waals surface area contributed by atoms with E-state index in [0.717, 1.165) is 6.07 Å². The second-order valence-electron chi connectivity index (χ2n) is 5.48. The van der Waals surface area contributed by atoms with Crippen LogP contribution < -0.4 is 4.72 Å². The molecule has 11 heteroatoms. The lowest BCUT2D eigenvalue weighted by atomic mass is 10.2. The number of sulfonamides is 1. The van der Waals surface area contributed by atoms with Gasteiger partial charge in [0.25, 0.3) is 0 Å². The van der Waals surface area contributed by atoms with Gasteiger partial charge < -0.3 is 9.26 Å². The minimum atomic E-state index is -4.05. The van der Waals surface area contributed by atoms with Crippen LogP contribution in [0.25, 0.3) is 11.4 Å². The molecule has 2 aromatic carbocycles. The Morgan fingerprint density at radius 1 is 1.21 bits per heavy atom. The molecule has 0 fully saturated rings. The molecule has 1 heterocycles. The molecule has 0 aliphatic rings. The quantitative estimate of drug-likeness (QED) is 0.583. The number of ether oxygens (including phenoxy) is 1. The molecule has 28 heavy (non-hydrogen) atoms. The number of halogens is 2. The molecule has 146 valence electrons. The Balaban J connectivity index is 1.78. The van der Waals surface area contributed by atoms with Crippen LogP contribution in [0.2, 0.25) is 10.0 Å². The van der Waals surface area contributed by atoms with Crippen molar-refractivity contribution < 1.29 is 22.5 Å². The summed E-state index contributed by atoms with van der Waals surface area (Å²) < 4.78 is 37.1. The van der Waals surface area contributed by atoms with Gasteiger partial charge in [-0.1, -0.05) is 40.5 Å². The summed E-state index contributed by atoms with van der Waals surface area (Å²) in [5.74, 6) is -0.377. The Hall–Kier alpha value is -2.46. The molecule has 0 aliphatic heterocycles. The third-order valence-corrected chi connectivity index (χ3v) is 5.72. The zero-order chi connectivity index (χ0) is 20.3. The van der Waals surface area contributed by atoms with Gasteiger partial charge in [-0.25, -0.2) is 17.9 Å². The third-order valence-electron chi connectivity index (χ3n) is 3.61. The molecule has 0 atom stereocenters. The van der Waals surface area contributed by atoms with E-state index in [1.54, 1.807) is 24.3 Å². The number of carbonyl (C=O) groups is 1. The second kappa shape index (κ2) is 8.27. The highest BCUT2D eigenvalue weighted by Gasteiger charge is 2.21. The van der Waals surface area contributed by atoms with Crippen LogP contribution in [0.15, 0.2) is 51.9 Å². The van der Waals surface area contributed by atoms with Crippen molar-refractivity contribution in [1.29, 1.82) is 0 Å². The van der Waals surface area contributed by atoms with Crippen LogP contribution in [0.5, 0.6) is 0 Å². The molecule has 1 N–H and O–H groups in total. The van der Waals surface area contributed by atoms with Crippen molar-refractivity contribution in [1.82, 2.24) is 14.9 Å². The molecule has 1 aromatic heterocycles. The molecule has 0 saturated carbocycles. The summed E-state index contributed by atoms with van der Waals surface area (Å²) in [6.45, 7) is -0.269. The Bertz CT molecular complexity index is 1130. The van der Waals surface area contributed by atoms with E-state index in [-0.39, 0.29) is 33.7 Å². The van der Waals surface area contributed by atoms with Crippen molar-refractivity contribution in [2.75, 3.05) is 7.11 Å². The Labute approximate surface area is 170 Å². The maximum Gasteiger partial charge on any atom is 0.337 e. The molecule has 0 spiro atoms. The first-order valence-corrected chi connectivity index (χ1v) is 10.00. The number of benzene rings is 2. The smallest absolute Gasteiger partial charge is 0.337 e. The molecule has 0 amide bonds. The van der Waals surface area contributed by atoms with Gasteiger partial charge in [0.1, 0.15) is 4.90 Å². The first-order chi connectivity index (χ1) is 13.3. The predicted molar refractivity (Wildman–Crippen MR) is 102 cm³/mol. The molecular weight excluding hydrogens is 429 g/mol. The fourth-order valence-corrected chi connectivity index (χ4v) is 3.95. The van der Waals surface area contributed by atoms with Crippen LogP contribution in [0.1, 0.15) is 16.2 Å². The number of aromatic nitrogens is 2. The van der Waals surface area contributed by atoms with Gasteiger partial charge >= 0.3 is 5.97 Å². The summed E-state index contributed by atoms with van der Waals surface area (Å²) in [4.78, 5) is 15.5. The fourth-order valence-electron chi connectivity index (χ4n) is 2.26. The van der Waals surface area contributed by atoms with Gasteiger partial charge in [0.15, 0.2) is 0 Å². The monoisotopic (exact) mass is 441 g/mol. The zero-order valence-electron chi connectivity index (χ0n) is 14.3. The molecule has 0 radical (unpaired) electrons. The summed E-state index contributed by atoms with van der Waals surface area (Å²) in [5, 5.41) is 4.25. The highest BCUT2D eigenvalue weighted by molar-refractivity contribution is 7.89. The zero-order valence-corrected chi connectivity index (χ0v) is 16.7. The van der Waals surface area contributed by atoms with E-state index in [0.29, 0.717) is 10.6 Å². The number of esters is 1. The van der Waals surface area contributed by atoms with Crippen LogP contribution in [0.4, 0.5) is 0 Å². The van der Waals surface area contributed by atoms with Crippen molar-refractivity contribution in [2.45, 2.75) is 11.4 Å². The van der Waals surface area contributed by atoms with Gasteiger partial charge in [-0.15, -0.1) is 0 Å². The Morgan fingerprint density at radius 3 is 2.71 bits per heavy atom. The van der Waals surface area contributed by atoms with Crippen molar-refractivity contribution in [3.63, 3.8) is 0 Å². The summed E-state index contributed by atoms with van der Waals surface area (Å²) in [7, 11) is -2.86. The lowest BCUT2D eigenvalue weighted by molar-refractivity contribution is 0.0600. The molecule has 0 bridgehead atoms. The lowest BCUT2D eigenvalue weighted by Crippen LogP contribution is -2.24. The number of carbonyl (C=O) groups excluding carboxylic acids is 1. The van der Waals surface area contributed by atoms with E-state index in [1.807, 2.05) is 0 Å². The summed E-state index contributed by atoms with van der Waals surface area (Å²) >= 11 is 11.9. The second-order valence-corrected chi connectivity index (χ2v) is 8.06. The summed E-state index contributed by atoms with van der Waals surface area (Å²) in [6, 6.07) is 10.6. The van der Waals surface area contributed by atoms with Crippen LogP contribution in [0, 0.1) is 0 Å². The van der Waals surface area contributed by atoms with Crippen LogP contribution in [-0.4, -0.2) is 31.6 Å². The molecule has 3 rings (SSSR count). The first kappa shape index (κ1) is 20.3. The van der Waals surface area contributed by atoms with Gasteiger partial charge in [-0.3, -0.25) is 0 Å². The first-order valence-electron chi connectivity index (χ1n) is 7.76. The summed E-state index contributed by atoms with van der Waals surface area (Å²) in [5.41, 5.74) is 0.674. The molecule has 8 nitrogen and oxygen atoms in total. The highest BCUT2D eigenvalue weighted by Crippen LogP contribution is 2.24. The van der Waals surface area contributed by atoms with Gasteiger partial charge in [0.05, 0.1) is 24.2 Å². The van der Waals surface area contributed by atoms with Gasteiger partial charge in [-0.05, 0) is 30.3 Å². The number of nitrogens with one attached hydrogen (secondary N) is 1. The standard InChI is InChI=1S/C17H13Cl2N3O5S/c1-26-17(23)11-5-6-13(19)14(8-11)28(24,25)20-9-15-21-16(22-27-15)10-3-2-4-12(18)7-10/h2-8,20H,9H2,1H3. The number of hydrogen-bond acceptors (Lipinski definition) is 7. The van der Waals surface area contributed by atoms with Gasteiger partial charge in [0, 0.05) is 10.6 Å². The predicted octanol–water partition coefficient (Wildman–Crippen LogP) is 3.31. The lowest BCUT2D eigenvalue weighted by Gasteiger charge is -2.08. The average Bonchev–Trinajstić information content (AvgIpc) is 3.15. The maximum atomic E-state index is 12.6. The number of methoxy groups -OCH3 is 1. The fraction of sp³-hybridized carbons (Fsp3) is 0.118. The average molecular weight is 442 g/mol. The van der Waals surface area contributed by atoms with Crippen molar-refractivity contribution >= 4 is 39.2 Å². The van der Waals surface area contributed by atoms with Crippen LogP contribution in [-0.2, 0) is 21.3 Å². The van der Waals surface area contributed by atoms with E-state index in [9.17, 15) is 13.2 Å². The number of rotatable bonds is 6. The normalized spacial score (nSPS) is 11.4. The molecule has 0 unspecified atom stereocenters. The van der Waals surface area contributed by atoms with E-state index >= 15 is 0 Å². The largest absolute Gasteiger partial charge is 0.465 e. The van der Waals surface area contributed by atoms with Crippen molar-refractivity contribution in [2.24, 2.45) is 0 Å². The van der Waals surface area contributed by atoms with E-state index < -0.39 is 16.0 Å². The number of nitrogens with zero attached hydrogens (tertiary/aromatic N) is 2. The molecule has 3 aromatic rings. The minimum Gasteiger partial charge on any atom is -0.465 e. The van der Waals surface area contributed by atoms with Crippen molar-refractivity contribution in [3.05, 3.63) is 64.0 Å². The summed E-state index contributed by atoms with van der Waals surface area (Å²) in [6.07, 6.45) is 0. The maximum absolute atomic E-state index is 12.6. The van der Waals surface area contributed by atoms with Crippen LogP contribution >= 0.6 is 23.2 Å². The Kier molecular flexibility index (Phi) is 5.99. The highest BCUT2D eigenvalue weighted by atomic mass is 35.5. The minimum absolute atomic E-state index is 0.0406. The molecular formula is C17H13Cl2N3O5S. The molecule has 0 saturated heterocycles. The van der Waals surface area contributed by atoms with Gasteiger partial charge in [-0.2, -0.15) is 4.98 Å². The third kappa shape index (κ3) is 4.50. The Morgan fingerprint density at radius 2 is 2.00 bits per heavy atom. The van der Waals surface area contributed by atoms with Crippen LogP contribution in [0.3, 0.4) is 0 Å². The van der Waals surface area contributed by atoms with Gasteiger partial charge in [0.2, 0.25) is 21.7 Å². The molecule has 0 aliphatic carbocycles. The van der Waals surface area contributed by atoms with E-state index in [4.69, 9.17) is 27.7 Å². The number of hydrogen-bond donors (Lipinski definition) is 1. The van der Waals surface area contributed by atoms with Crippen molar-refractivity contribution in [3.8, 4) is 11.4 Å².